The molecule has 0 unspecified atom stereocenters. The Morgan fingerprint density at radius 1 is 1.57 bits per heavy atom. The van der Waals surface area contributed by atoms with Crippen molar-refractivity contribution in [3.63, 3.8) is 0 Å². The van der Waals surface area contributed by atoms with E-state index in [1.807, 2.05) is 0 Å². The van der Waals surface area contributed by atoms with E-state index in [9.17, 15) is 4.79 Å². The molecule has 2 rings (SSSR count). The zero-order chi connectivity index (χ0) is 10.2. The molecule has 1 fully saturated rings. The highest BCUT2D eigenvalue weighted by atomic mass is 32.1. The van der Waals surface area contributed by atoms with Gasteiger partial charge in [0.15, 0.2) is 5.69 Å². The highest BCUT2D eigenvalue weighted by molar-refractivity contribution is 7.10. The molecule has 1 aliphatic carbocycles. The normalized spacial score (nSPS) is 19.8. The molecule has 0 atom stereocenters. The number of aromatic nitrogens is 1. The van der Waals surface area contributed by atoms with Crippen LogP contribution in [0.5, 0.6) is 0 Å². The highest BCUT2D eigenvalue weighted by Gasteiger charge is 2.34. The molecule has 1 aliphatic rings. The number of aromatic carboxylic acids is 1. The lowest BCUT2D eigenvalue weighted by Crippen LogP contribution is -2.33. The van der Waals surface area contributed by atoms with Gasteiger partial charge in [0, 0.05) is 5.38 Å². The van der Waals surface area contributed by atoms with E-state index in [0.717, 1.165) is 30.7 Å². The van der Waals surface area contributed by atoms with Crippen LogP contribution in [-0.4, -0.2) is 16.1 Å². The Balaban J connectivity index is 2.28. The molecule has 0 aromatic carbocycles. The fraction of sp³-hybridized carbons (Fsp3) is 0.556. The zero-order valence-corrected chi connectivity index (χ0v) is 8.51. The summed E-state index contributed by atoms with van der Waals surface area (Å²) in [5.41, 5.74) is 5.90. The van der Waals surface area contributed by atoms with E-state index in [1.54, 1.807) is 5.38 Å². The fourth-order valence-electron chi connectivity index (χ4n) is 1.82. The maximum atomic E-state index is 10.6. The first-order chi connectivity index (χ1) is 6.62. The number of carboxylic acids is 1. The van der Waals surface area contributed by atoms with E-state index >= 15 is 0 Å². The van der Waals surface area contributed by atoms with Crippen molar-refractivity contribution in [2.75, 3.05) is 0 Å². The Labute approximate surface area is 85.8 Å². The summed E-state index contributed by atoms with van der Waals surface area (Å²) in [6, 6.07) is 0. The molecule has 0 radical (unpaired) electrons. The minimum Gasteiger partial charge on any atom is -0.476 e. The Hall–Kier alpha value is -0.940. The van der Waals surface area contributed by atoms with Crippen LogP contribution < -0.4 is 5.73 Å². The second-order valence-corrected chi connectivity index (χ2v) is 4.56. The summed E-state index contributed by atoms with van der Waals surface area (Å²) in [4.78, 5) is 14.7. The maximum absolute atomic E-state index is 10.6. The lowest BCUT2D eigenvalue weighted by atomic mass is 10.0. The molecule has 0 amide bonds. The average Bonchev–Trinajstić information content (AvgIpc) is 2.71. The minimum absolute atomic E-state index is 0.113. The van der Waals surface area contributed by atoms with Crippen molar-refractivity contribution in [1.82, 2.24) is 4.98 Å². The van der Waals surface area contributed by atoms with Gasteiger partial charge in [-0.2, -0.15) is 0 Å². The zero-order valence-electron chi connectivity index (χ0n) is 7.69. The molecular weight excluding hydrogens is 200 g/mol. The smallest absolute Gasteiger partial charge is 0.355 e. The Bertz CT molecular complexity index is 355. The average molecular weight is 212 g/mol. The summed E-state index contributed by atoms with van der Waals surface area (Å²) in [7, 11) is 0. The summed E-state index contributed by atoms with van der Waals surface area (Å²) in [6.45, 7) is 0. The lowest BCUT2D eigenvalue weighted by molar-refractivity contribution is 0.0691. The van der Waals surface area contributed by atoms with E-state index in [4.69, 9.17) is 10.8 Å². The van der Waals surface area contributed by atoms with Gasteiger partial charge in [-0.05, 0) is 12.8 Å². The SMILES string of the molecule is NC1(c2nc(C(=O)O)cs2)CCCC1. The lowest BCUT2D eigenvalue weighted by Gasteiger charge is -2.19. The molecule has 4 nitrogen and oxygen atoms in total. The Morgan fingerprint density at radius 2 is 2.21 bits per heavy atom. The number of hydrogen-bond acceptors (Lipinski definition) is 4. The van der Waals surface area contributed by atoms with Gasteiger partial charge in [-0.25, -0.2) is 9.78 Å². The number of nitrogens with two attached hydrogens (primary N) is 1. The number of hydrogen-bond donors (Lipinski definition) is 2. The Kier molecular flexibility index (Phi) is 2.28. The van der Waals surface area contributed by atoms with E-state index in [-0.39, 0.29) is 11.2 Å². The van der Waals surface area contributed by atoms with Crippen LogP contribution in [-0.2, 0) is 5.54 Å². The molecule has 1 heterocycles. The monoisotopic (exact) mass is 212 g/mol. The van der Waals surface area contributed by atoms with Gasteiger partial charge in [-0.1, -0.05) is 12.8 Å². The largest absolute Gasteiger partial charge is 0.476 e. The van der Waals surface area contributed by atoms with Gasteiger partial charge in [0.05, 0.1) is 5.54 Å². The van der Waals surface area contributed by atoms with Gasteiger partial charge in [-0.15, -0.1) is 11.3 Å². The molecule has 0 bridgehead atoms. The fourth-order valence-corrected chi connectivity index (χ4v) is 2.79. The summed E-state index contributed by atoms with van der Waals surface area (Å²) >= 11 is 1.36. The molecule has 0 aliphatic heterocycles. The number of thiazole rings is 1. The number of carbonyl (C=O) groups is 1. The standard InChI is InChI=1S/C9H12N2O2S/c10-9(3-1-2-4-9)8-11-6(5-14-8)7(12)13/h5H,1-4,10H2,(H,12,13). The topological polar surface area (TPSA) is 76.2 Å². The van der Waals surface area contributed by atoms with E-state index in [1.165, 1.54) is 11.3 Å². The van der Waals surface area contributed by atoms with Crippen LogP contribution in [0.4, 0.5) is 0 Å². The third-order valence-corrected chi connectivity index (χ3v) is 3.71. The molecule has 5 heteroatoms. The number of rotatable bonds is 2. The van der Waals surface area contributed by atoms with Gasteiger partial charge in [0.2, 0.25) is 0 Å². The molecule has 0 saturated heterocycles. The predicted octanol–water partition coefficient (Wildman–Crippen LogP) is 1.57. The summed E-state index contributed by atoms with van der Waals surface area (Å²) in [5, 5.41) is 11.1. The van der Waals surface area contributed by atoms with E-state index < -0.39 is 5.97 Å². The molecule has 3 N–H and O–H groups in total. The van der Waals surface area contributed by atoms with E-state index in [2.05, 4.69) is 4.98 Å². The van der Waals surface area contributed by atoms with Crippen LogP contribution in [0.1, 0.15) is 41.2 Å². The van der Waals surface area contributed by atoms with Gasteiger partial charge >= 0.3 is 5.97 Å². The number of carboxylic acid groups (broad SMARTS) is 1. The second kappa shape index (κ2) is 3.33. The van der Waals surface area contributed by atoms with Crippen molar-refractivity contribution in [3.05, 3.63) is 16.1 Å². The summed E-state index contributed by atoms with van der Waals surface area (Å²) < 4.78 is 0. The van der Waals surface area contributed by atoms with Crippen molar-refractivity contribution in [3.8, 4) is 0 Å². The van der Waals surface area contributed by atoms with Gasteiger partial charge < -0.3 is 10.8 Å². The third kappa shape index (κ3) is 1.53. The maximum Gasteiger partial charge on any atom is 0.355 e. The van der Waals surface area contributed by atoms with Crippen LogP contribution in [0.2, 0.25) is 0 Å². The quantitative estimate of drug-likeness (QED) is 0.780. The second-order valence-electron chi connectivity index (χ2n) is 3.71. The molecule has 1 aromatic heterocycles. The van der Waals surface area contributed by atoms with Gasteiger partial charge in [0.1, 0.15) is 5.01 Å². The Morgan fingerprint density at radius 3 is 2.71 bits per heavy atom. The van der Waals surface area contributed by atoms with Crippen molar-refractivity contribution in [2.45, 2.75) is 31.2 Å². The molecule has 14 heavy (non-hydrogen) atoms. The molecule has 1 saturated carbocycles. The van der Waals surface area contributed by atoms with E-state index in [0.29, 0.717) is 0 Å². The summed E-state index contributed by atoms with van der Waals surface area (Å²) in [6.07, 6.45) is 4.05. The predicted molar refractivity (Wildman–Crippen MR) is 53.4 cm³/mol. The first kappa shape index (κ1) is 9.61. The minimum atomic E-state index is -0.978. The first-order valence-electron chi connectivity index (χ1n) is 4.60. The van der Waals surface area contributed by atoms with Crippen LogP contribution >= 0.6 is 11.3 Å². The van der Waals surface area contributed by atoms with Crippen molar-refractivity contribution in [1.29, 1.82) is 0 Å². The third-order valence-electron chi connectivity index (χ3n) is 2.65. The van der Waals surface area contributed by atoms with Crippen molar-refractivity contribution < 1.29 is 9.90 Å². The molecule has 76 valence electrons. The van der Waals surface area contributed by atoms with Crippen LogP contribution in [0.3, 0.4) is 0 Å². The first-order valence-corrected chi connectivity index (χ1v) is 5.48. The van der Waals surface area contributed by atoms with Crippen molar-refractivity contribution >= 4 is 17.3 Å². The molecular formula is C9H12N2O2S. The van der Waals surface area contributed by atoms with Crippen LogP contribution in [0.25, 0.3) is 0 Å². The highest BCUT2D eigenvalue weighted by Crippen LogP contribution is 2.37. The number of nitrogens with zero attached hydrogens (tertiary/aromatic N) is 1. The van der Waals surface area contributed by atoms with Crippen molar-refractivity contribution in [2.24, 2.45) is 5.73 Å². The van der Waals surface area contributed by atoms with Crippen LogP contribution in [0.15, 0.2) is 5.38 Å². The molecule has 1 aromatic rings. The molecule has 0 spiro atoms. The summed E-state index contributed by atoms with van der Waals surface area (Å²) in [5.74, 6) is -0.978. The van der Waals surface area contributed by atoms with Gasteiger partial charge in [-0.3, -0.25) is 0 Å². The van der Waals surface area contributed by atoms with Crippen LogP contribution in [0, 0.1) is 0 Å². The van der Waals surface area contributed by atoms with Gasteiger partial charge in [0.25, 0.3) is 0 Å².